The van der Waals surface area contributed by atoms with E-state index in [1.165, 1.54) is 25.9 Å². The van der Waals surface area contributed by atoms with Crippen LogP contribution in [0.1, 0.15) is 18.5 Å². The highest BCUT2D eigenvalue weighted by Gasteiger charge is 2.17. The smallest absolute Gasteiger partial charge is 0.151 e. The van der Waals surface area contributed by atoms with E-state index in [1.807, 2.05) is 12.1 Å². The Labute approximate surface area is 95.5 Å². The first-order chi connectivity index (χ1) is 7.24. The van der Waals surface area contributed by atoms with Crippen molar-refractivity contribution in [2.45, 2.75) is 19.3 Å². The van der Waals surface area contributed by atoms with Crippen LogP contribution in [0.25, 0.3) is 0 Å². The molecule has 0 N–H and O–H groups in total. The van der Waals surface area contributed by atoms with Crippen molar-refractivity contribution in [2.75, 3.05) is 20.1 Å². The summed E-state index contributed by atoms with van der Waals surface area (Å²) in [6.07, 6.45) is 3.62. The summed E-state index contributed by atoms with van der Waals surface area (Å²) in [5, 5.41) is 8.43. The van der Waals surface area contributed by atoms with Crippen LogP contribution in [0.15, 0.2) is 12.1 Å². The number of hydrogen-bond acceptors (Lipinski definition) is 3. The van der Waals surface area contributed by atoms with Gasteiger partial charge in [0.25, 0.3) is 0 Å². The van der Waals surface area contributed by atoms with Crippen LogP contribution in [0.3, 0.4) is 0 Å². The average molecular weight is 226 g/mol. The summed E-state index contributed by atoms with van der Waals surface area (Å²) in [6.45, 7) is 2.40. The van der Waals surface area contributed by atoms with Gasteiger partial charge < -0.3 is 4.90 Å². The second-order valence-corrected chi connectivity index (χ2v) is 4.71. The molecule has 0 unspecified atom stereocenters. The molecule has 0 saturated carbocycles. The first kappa shape index (κ1) is 10.8. The van der Waals surface area contributed by atoms with Gasteiger partial charge in [-0.25, -0.2) is 0 Å². The molecule has 0 amide bonds. The minimum Gasteiger partial charge on any atom is -0.306 e. The number of rotatable bonds is 2. The van der Waals surface area contributed by atoms with E-state index in [1.54, 1.807) is 0 Å². The Morgan fingerprint density at radius 3 is 3.00 bits per heavy atom. The Morgan fingerprint density at radius 1 is 1.47 bits per heavy atom. The Balaban J connectivity index is 1.93. The summed E-state index contributed by atoms with van der Waals surface area (Å²) >= 11 is 5.70. The van der Waals surface area contributed by atoms with Gasteiger partial charge in [0.05, 0.1) is 5.69 Å². The van der Waals surface area contributed by atoms with E-state index >= 15 is 0 Å². The minimum atomic E-state index is 0.472. The molecular weight excluding hydrogens is 210 g/mol. The lowest BCUT2D eigenvalue weighted by Crippen LogP contribution is -2.33. The molecule has 1 aliphatic rings. The third-order valence-corrected chi connectivity index (χ3v) is 3.11. The molecule has 1 saturated heterocycles. The molecule has 1 aliphatic heterocycles. The van der Waals surface area contributed by atoms with Gasteiger partial charge >= 0.3 is 0 Å². The van der Waals surface area contributed by atoms with E-state index in [2.05, 4.69) is 22.1 Å². The first-order valence-corrected chi connectivity index (χ1v) is 5.78. The van der Waals surface area contributed by atoms with Gasteiger partial charge in [-0.1, -0.05) is 11.6 Å². The van der Waals surface area contributed by atoms with Crippen molar-refractivity contribution >= 4 is 11.6 Å². The molecule has 15 heavy (non-hydrogen) atoms. The SMILES string of the molecule is CN1CCC[C@H](Cc2ccc(Cl)nn2)C1. The number of likely N-dealkylation sites (tertiary alicyclic amines) is 1. The third-order valence-electron chi connectivity index (χ3n) is 2.91. The molecule has 0 radical (unpaired) electrons. The zero-order valence-electron chi connectivity index (χ0n) is 8.99. The quantitative estimate of drug-likeness (QED) is 0.771. The molecular formula is C11H16ClN3. The molecule has 1 aromatic rings. The molecule has 82 valence electrons. The lowest BCUT2D eigenvalue weighted by atomic mass is 9.94. The fourth-order valence-corrected chi connectivity index (χ4v) is 2.29. The number of hydrogen-bond donors (Lipinski definition) is 0. The van der Waals surface area contributed by atoms with Crippen molar-refractivity contribution in [3.63, 3.8) is 0 Å². The molecule has 0 bridgehead atoms. The van der Waals surface area contributed by atoms with Crippen molar-refractivity contribution in [3.05, 3.63) is 23.0 Å². The molecule has 0 aromatic carbocycles. The fraction of sp³-hybridized carbons (Fsp3) is 0.636. The highest BCUT2D eigenvalue weighted by molar-refractivity contribution is 6.29. The van der Waals surface area contributed by atoms with Crippen LogP contribution in [0.5, 0.6) is 0 Å². The highest BCUT2D eigenvalue weighted by atomic mass is 35.5. The zero-order chi connectivity index (χ0) is 10.7. The number of halogens is 1. The monoisotopic (exact) mass is 225 g/mol. The molecule has 4 heteroatoms. The zero-order valence-corrected chi connectivity index (χ0v) is 9.74. The summed E-state index contributed by atoms with van der Waals surface area (Å²) < 4.78 is 0. The maximum absolute atomic E-state index is 5.70. The molecule has 2 heterocycles. The minimum absolute atomic E-state index is 0.472. The summed E-state index contributed by atoms with van der Waals surface area (Å²) in [4.78, 5) is 2.39. The van der Waals surface area contributed by atoms with E-state index < -0.39 is 0 Å². The van der Waals surface area contributed by atoms with Crippen LogP contribution >= 0.6 is 11.6 Å². The van der Waals surface area contributed by atoms with Gasteiger partial charge in [-0.2, -0.15) is 5.10 Å². The van der Waals surface area contributed by atoms with Crippen LogP contribution in [0, 0.1) is 5.92 Å². The molecule has 0 aliphatic carbocycles. The largest absolute Gasteiger partial charge is 0.306 e. The molecule has 2 rings (SSSR count). The number of nitrogens with zero attached hydrogens (tertiary/aromatic N) is 3. The highest BCUT2D eigenvalue weighted by Crippen LogP contribution is 2.18. The van der Waals surface area contributed by atoms with E-state index in [0.717, 1.165) is 18.0 Å². The van der Waals surface area contributed by atoms with Gasteiger partial charge in [-0.05, 0) is 50.9 Å². The van der Waals surface area contributed by atoms with Crippen LogP contribution in [-0.2, 0) is 6.42 Å². The van der Waals surface area contributed by atoms with Crippen molar-refractivity contribution in [3.8, 4) is 0 Å². The molecule has 1 fully saturated rings. The summed E-state index contributed by atoms with van der Waals surface area (Å²) in [5.41, 5.74) is 1.06. The maximum atomic E-state index is 5.70. The van der Waals surface area contributed by atoms with Gasteiger partial charge in [0.1, 0.15) is 0 Å². The predicted octanol–water partition coefficient (Wildman–Crippen LogP) is 2.01. The Bertz CT molecular complexity index is 312. The number of aromatic nitrogens is 2. The van der Waals surface area contributed by atoms with Gasteiger partial charge in [-0.3, -0.25) is 0 Å². The van der Waals surface area contributed by atoms with Gasteiger partial charge in [0.15, 0.2) is 5.15 Å². The van der Waals surface area contributed by atoms with Crippen molar-refractivity contribution in [1.29, 1.82) is 0 Å². The summed E-state index contributed by atoms with van der Waals surface area (Å²) in [5.74, 6) is 0.722. The van der Waals surface area contributed by atoms with E-state index in [9.17, 15) is 0 Å². The van der Waals surface area contributed by atoms with Gasteiger partial charge in [-0.15, -0.1) is 5.10 Å². The standard InChI is InChI=1S/C11H16ClN3/c1-15-6-2-3-9(8-15)7-10-4-5-11(12)14-13-10/h4-5,9H,2-3,6-8H2,1H3/t9-/m1/s1. The van der Waals surface area contributed by atoms with Crippen LogP contribution < -0.4 is 0 Å². The van der Waals surface area contributed by atoms with E-state index in [-0.39, 0.29) is 0 Å². The maximum Gasteiger partial charge on any atom is 0.151 e. The first-order valence-electron chi connectivity index (χ1n) is 5.40. The van der Waals surface area contributed by atoms with Crippen molar-refractivity contribution < 1.29 is 0 Å². The molecule has 1 aromatic heterocycles. The Kier molecular flexibility index (Phi) is 3.54. The Morgan fingerprint density at radius 2 is 2.33 bits per heavy atom. The van der Waals surface area contributed by atoms with E-state index in [0.29, 0.717) is 5.15 Å². The van der Waals surface area contributed by atoms with E-state index in [4.69, 9.17) is 11.6 Å². The third kappa shape index (κ3) is 3.14. The topological polar surface area (TPSA) is 29.0 Å². The van der Waals surface area contributed by atoms with Crippen LogP contribution in [0.4, 0.5) is 0 Å². The number of piperidine rings is 1. The lowest BCUT2D eigenvalue weighted by Gasteiger charge is -2.29. The molecule has 0 spiro atoms. The van der Waals surface area contributed by atoms with Gasteiger partial charge in [0, 0.05) is 6.54 Å². The summed E-state index contributed by atoms with van der Waals surface area (Å²) in [6, 6.07) is 3.79. The lowest BCUT2D eigenvalue weighted by molar-refractivity contribution is 0.208. The van der Waals surface area contributed by atoms with Crippen LogP contribution in [0.2, 0.25) is 5.15 Å². The normalized spacial score (nSPS) is 22.9. The Hall–Kier alpha value is -0.670. The summed E-state index contributed by atoms with van der Waals surface area (Å²) in [7, 11) is 2.18. The fourth-order valence-electron chi connectivity index (χ4n) is 2.19. The molecule has 1 atom stereocenters. The second-order valence-electron chi connectivity index (χ2n) is 4.32. The van der Waals surface area contributed by atoms with Crippen molar-refractivity contribution in [1.82, 2.24) is 15.1 Å². The van der Waals surface area contributed by atoms with Crippen molar-refractivity contribution in [2.24, 2.45) is 5.92 Å². The predicted molar refractivity (Wildman–Crippen MR) is 61.0 cm³/mol. The van der Waals surface area contributed by atoms with Gasteiger partial charge in [0.2, 0.25) is 0 Å². The second kappa shape index (κ2) is 4.90. The average Bonchev–Trinajstić information content (AvgIpc) is 2.22. The van der Waals surface area contributed by atoms with Crippen LogP contribution in [-0.4, -0.2) is 35.2 Å². The molecule has 3 nitrogen and oxygen atoms in total.